The third kappa shape index (κ3) is 1.66. The van der Waals surface area contributed by atoms with E-state index in [-0.39, 0.29) is 0 Å². The van der Waals surface area contributed by atoms with Crippen molar-refractivity contribution in [3.8, 4) is 5.75 Å². The van der Waals surface area contributed by atoms with Crippen molar-refractivity contribution in [2.24, 2.45) is 0 Å². The number of thiol groups is 1. The maximum Gasteiger partial charge on any atom is 0.129 e. The summed E-state index contributed by atoms with van der Waals surface area (Å²) in [7, 11) is 0. The Hall–Kier alpha value is -0.190. The van der Waals surface area contributed by atoms with Crippen LogP contribution in [-0.2, 0) is 0 Å². The SMILES string of the molecule is CCOc1cccc2sc(Br)c(S)c12. The van der Waals surface area contributed by atoms with Gasteiger partial charge in [-0.2, -0.15) is 0 Å². The Morgan fingerprint density at radius 3 is 3.00 bits per heavy atom. The molecule has 0 spiro atoms. The molecule has 0 fully saturated rings. The van der Waals surface area contributed by atoms with Gasteiger partial charge in [0, 0.05) is 15.0 Å². The zero-order chi connectivity index (χ0) is 10.1. The summed E-state index contributed by atoms with van der Waals surface area (Å²) in [6.07, 6.45) is 0. The molecule has 1 nitrogen and oxygen atoms in total. The number of ether oxygens (including phenoxy) is 1. The van der Waals surface area contributed by atoms with Crippen LogP contribution in [-0.4, -0.2) is 6.61 Å². The zero-order valence-electron chi connectivity index (χ0n) is 7.58. The number of hydrogen-bond donors (Lipinski definition) is 1. The lowest BCUT2D eigenvalue weighted by Crippen LogP contribution is -1.91. The number of benzene rings is 1. The fourth-order valence-electron chi connectivity index (χ4n) is 1.35. The van der Waals surface area contributed by atoms with Crippen molar-refractivity contribution >= 4 is 50.0 Å². The Morgan fingerprint density at radius 1 is 1.50 bits per heavy atom. The van der Waals surface area contributed by atoms with Crippen molar-refractivity contribution in [2.45, 2.75) is 11.8 Å². The Morgan fingerprint density at radius 2 is 2.29 bits per heavy atom. The van der Waals surface area contributed by atoms with E-state index >= 15 is 0 Å². The molecule has 2 rings (SSSR count). The molecule has 1 aromatic heterocycles. The highest BCUT2D eigenvalue weighted by Crippen LogP contribution is 2.42. The van der Waals surface area contributed by atoms with Crippen LogP contribution >= 0.6 is 39.9 Å². The molecule has 0 aliphatic carbocycles. The average molecular weight is 289 g/mol. The molecule has 0 amide bonds. The average Bonchev–Trinajstić information content (AvgIpc) is 2.45. The Labute approximate surface area is 101 Å². The van der Waals surface area contributed by atoms with E-state index in [9.17, 15) is 0 Å². The van der Waals surface area contributed by atoms with Gasteiger partial charge in [-0.25, -0.2) is 0 Å². The summed E-state index contributed by atoms with van der Waals surface area (Å²) in [5.74, 6) is 0.914. The van der Waals surface area contributed by atoms with Gasteiger partial charge in [-0.1, -0.05) is 6.07 Å². The molecular formula is C10H9BrOS2. The smallest absolute Gasteiger partial charge is 0.129 e. The lowest BCUT2D eigenvalue weighted by Gasteiger charge is -2.04. The van der Waals surface area contributed by atoms with Gasteiger partial charge in [-0.15, -0.1) is 24.0 Å². The van der Waals surface area contributed by atoms with Gasteiger partial charge in [0.25, 0.3) is 0 Å². The number of halogens is 1. The normalized spacial score (nSPS) is 10.8. The standard InChI is InChI=1S/C10H9BrOS2/c1-2-12-6-4-3-5-7-8(6)9(13)10(11)14-7/h3-5,13H,2H2,1H3. The minimum absolute atomic E-state index is 0.680. The Kier molecular flexibility index (Phi) is 3.04. The molecule has 0 unspecified atom stereocenters. The third-order valence-electron chi connectivity index (χ3n) is 1.91. The highest BCUT2D eigenvalue weighted by atomic mass is 79.9. The number of rotatable bonds is 2. The first-order chi connectivity index (χ1) is 6.74. The first-order valence-corrected chi connectivity index (χ1v) is 6.32. The second-order valence-corrected chi connectivity index (χ2v) is 5.60. The summed E-state index contributed by atoms with van der Waals surface area (Å²) in [4.78, 5) is 0.967. The number of fused-ring (bicyclic) bond motifs is 1. The topological polar surface area (TPSA) is 9.23 Å². The highest BCUT2D eigenvalue weighted by Gasteiger charge is 2.11. The molecule has 2 aromatic rings. The van der Waals surface area contributed by atoms with Crippen LogP contribution in [0.15, 0.2) is 26.9 Å². The predicted molar refractivity (Wildman–Crippen MR) is 67.9 cm³/mol. The van der Waals surface area contributed by atoms with Crippen LogP contribution in [0.4, 0.5) is 0 Å². The number of hydrogen-bond acceptors (Lipinski definition) is 3. The lowest BCUT2D eigenvalue weighted by atomic mass is 10.2. The van der Waals surface area contributed by atoms with Gasteiger partial charge >= 0.3 is 0 Å². The molecule has 14 heavy (non-hydrogen) atoms. The third-order valence-corrected chi connectivity index (χ3v) is 4.64. The van der Waals surface area contributed by atoms with Gasteiger partial charge in [-0.3, -0.25) is 0 Å². The molecule has 0 saturated heterocycles. The van der Waals surface area contributed by atoms with Crippen molar-refractivity contribution < 1.29 is 4.74 Å². The molecule has 74 valence electrons. The van der Waals surface area contributed by atoms with E-state index in [1.807, 2.05) is 19.1 Å². The van der Waals surface area contributed by atoms with Gasteiger partial charge in [0.05, 0.1) is 10.4 Å². The minimum Gasteiger partial charge on any atom is -0.493 e. The predicted octanol–water partition coefficient (Wildman–Crippen LogP) is 4.35. The van der Waals surface area contributed by atoms with Crippen LogP contribution in [0.25, 0.3) is 10.1 Å². The summed E-state index contributed by atoms with van der Waals surface area (Å²) >= 11 is 9.62. The Balaban J connectivity index is 2.71. The van der Waals surface area contributed by atoms with E-state index in [2.05, 4.69) is 34.6 Å². The van der Waals surface area contributed by atoms with Gasteiger partial charge in [0.15, 0.2) is 0 Å². The first kappa shape index (κ1) is 10.3. The molecule has 0 aliphatic rings. The molecule has 0 radical (unpaired) electrons. The lowest BCUT2D eigenvalue weighted by molar-refractivity contribution is 0.344. The second-order valence-electron chi connectivity index (χ2n) is 2.79. The van der Waals surface area contributed by atoms with Crippen LogP contribution in [0.5, 0.6) is 5.75 Å². The highest BCUT2D eigenvalue weighted by molar-refractivity contribution is 9.11. The van der Waals surface area contributed by atoms with E-state index in [1.54, 1.807) is 11.3 Å². The van der Waals surface area contributed by atoms with E-state index in [1.165, 1.54) is 4.70 Å². The molecule has 0 saturated carbocycles. The summed E-state index contributed by atoms with van der Waals surface area (Å²) in [5.41, 5.74) is 0. The van der Waals surface area contributed by atoms with Gasteiger partial charge in [0.1, 0.15) is 5.75 Å². The van der Waals surface area contributed by atoms with Gasteiger partial charge < -0.3 is 4.74 Å². The van der Waals surface area contributed by atoms with Crippen molar-refractivity contribution in [3.63, 3.8) is 0 Å². The Bertz CT molecular complexity index is 464. The van der Waals surface area contributed by atoms with E-state index in [0.29, 0.717) is 6.61 Å². The maximum absolute atomic E-state index is 5.55. The monoisotopic (exact) mass is 288 g/mol. The molecule has 0 bridgehead atoms. The molecular weight excluding hydrogens is 280 g/mol. The summed E-state index contributed by atoms with van der Waals surface area (Å²) in [6, 6.07) is 6.06. The van der Waals surface area contributed by atoms with Crippen LogP contribution in [0.3, 0.4) is 0 Å². The van der Waals surface area contributed by atoms with Crippen LogP contribution in [0.2, 0.25) is 0 Å². The summed E-state index contributed by atoms with van der Waals surface area (Å²) in [6.45, 7) is 2.66. The fourth-order valence-corrected chi connectivity index (χ4v) is 3.36. The zero-order valence-corrected chi connectivity index (χ0v) is 10.9. The van der Waals surface area contributed by atoms with Crippen molar-refractivity contribution in [1.82, 2.24) is 0 Å². The quantitative estimate of drug-likeness (QED) is 0.809. The van der Waals surface area contributed by atoms with E-state index in [0.717, 1.165) is 19.8 Å². The maximum atomic E-state index is 5.55. The molecule has 1 heterocycles. The van der Waals surface area contributed by atoms with E-state index in [4.69, 9.17) is 4.74 Å². The molecule has 1 aromatic carbocycles. The van der Waals surface area contributed by atoms with Crippen molar-refractivity contribution in [1.29, 1.82) is 0 Å². The molecule has 4 heteroatoms. The molecule has 0 N–H and O–H groups in total. The minimum atomic E-state index is 0.680. The van der Waals surface area contributed by atoms with Crippen molar-refractivity contribution in [2.75, 3.05) is 6.61 Å². The van der Waals surface area contributed by atoms with Crippen LogP contribution < -0.4 is 4.74 Å². The fraction of sp³-hybridized carbons (Fsp3) is 0.200. The molecule has 0 atom stereocenters. The first-order valence-electron chi connectivity index (χ1n) is 4.26. The van der Waals surface area contributed by atoms with Gasteiger partial charge in [-0.05, 0) is 35.0 Å². The second kappa shape index (κ2) is 4.13. The van der Waals surface area contributed by atoms with Crippen LogP contribution in [0.1, 0.15) is 6.92 Å². The summed E-state index contributed by atoms with van der Waals surface area (Å²) < 4.78 is 7.81. The summed E-state index contributed by atoms with van der Waals surface area (Å²) in [5, 5.41) is 1.11. The van der Waals surface area contributed by atoms with E-state index < -0.39 is 0 Å². The van der Waals surface area contributed by atoms with Gasteiger partial charge in [0.2, 0.25) is 0 Å². The van der Waals surface area contributed by atoms with Crippen molar-refractivity contribution in [3.05, 3.63) is 22.0 Å². The molecule has 0 aliphatic heterocycles. The van der Waals surface area contributed by atoms with Crippen LogP contribution in [0, 0.1) is 0 Å². The largest absolute Gasteiger partial charge is 0.493 e. The number of thiophene rings is 1.